The highest BCUT2D eigenvalue weighted by Crippen LogP contribution is 2.10. The normalized spacial score (nSPS) is 12.4. The summed E-state index contributed by atoms with van der Waals surface area (Å²) in [4.78, 5) is 15.1. The molecule has 1 aromatic heterocycles. The van der Waals surface area contributed by atoms with E-state index in [4.69, 9.17) is 10.3 Å². The third-order valence-electron chi connectivity index (χ3n) is 1.85. The monoisotopic (exact) mass is 245 g/mol. The number of aryl methyl sites for hydroxylation is 1. The molecule has 0 amide bonds. The second kappa shape index (κ2) is 6.49. The molecule has 0 radical (unpaired) electrons. The van der Waals surface area contributed by atoms with E-state index in [0.29, 0.717) is 23.2 Å². The van der Waals surface area contributed by atoms with Crippen LogP contribution in [0.25, 0.3) is 0 Å². The van der Waals surface area contributed by atoms with Gasteiger partial charge in [0.2, 0.25) is 5.89 Å². The Balaban J connectivity index is 2.27. The molecule has 1 rings (SSSR count). The number of esters is 1. The number of carbonyl (C=O) groups excluding carboxylic acids is 1. The predicted octanol–water partition coefficient (Wildman–Crippen LogP) is 0.365. The lowest BCUT2D eigenvalue weighted by Gasteiger charge is -2.06. The number of nitrogens with zero attached hydrogens (tertiary/aromatic N) is 2. The van der Waals surface area contributed by atoms with Gasteiger partial charge in [-0.1, -0.05) is 12.1 Å². The van der Waals surface area contributed by atoms with Crippen LogP contribution in [0.15, 0.2) is 4.52 Å². The van der Waals surface area contributed by atoms with E-state index in [1.54, 1.807) is 0 Å². The minimum Gasteiger partial charge on any atom is -0.468 e. The fraction of sp³-hybridized carbons (Fsp3) is 0.667. The Morgan fingerprint density at radius 2 is 2.44 bits per heavy atom. The average Bonchev–Trinajstić information content (AvgIpc) is 2.75. The standard InChI is InChI=1S/C9H15N3O3S/c1-3-8-11-7(12-15-8)5-16-4-6(10)9(13)14-2/h6H,3-5,10H2,1-2H3. The second-order valence-electron chi connectivity index (χ2n) is 3.10. The smallest absolute Gasteiger partial charge is 0.323 e. The van der Waals surface area contributed by atoms with E-state index in [0.717, 1.165) is 6.42 Å². The Morgan fingerprint density at radius 3 is 3.00 bits per heavy atom. The van der Waals surface area contributed by atoms with E-state index in [2.05, 4.69) is 14.9 Å². The number of nitrogens with two attached hydrogens (primary N) is 1. The van der Waals surface area contributed by atoms with Gasteiger partial charge in [0, 0.05) is 12.2 Å². The molecule has 0 aliphatic heterocycles. The number of aromatic nitrogens is 2. The summed E-state index contributed by atoms with van der Waals surface area (Å²) in [7, 11) is 1.32. The van der Waals surface area contributed by atoms with Crippen molar-refractivity contribution >= 4 is 17.7 Å². The molecule has 0 saturated carbocycles. The minimum absolute atomic E-state index is 0.408. The largest absolute Gasteiger partial charge is 0.468 e. The van der Waals surface area contributed by atoms with Crippen LogP contribution in [0.1, 0.15) is 18.6 Å². The molecule has 2 N–H and O–H groups in total. The Morgan fingerprint density at radius 1 is 1.69 bits per heavy atom. The molecule has 0 fully saturated rings. The van der Waals surface area contributed by atoms with E-state index in [9.17, 15) is 4.79 Å². The topological polar surface area (TPSA) is 91.2 Å². The Hall–Kier alpha value is -1.08. The summed E-state index contributed by atoms with van der Waals surface area (Å²) in [6.45, 7) is 1.94. The first-order valence-electron chi connectivity index (χ1n) is 4.90. The van der Waals surface area contributed by atoms with Crippen LogP contribution in [-0.2, 0) is 21.7 Å². The molecule has 7 heteroatoms. The van der Waals surface area contributed by atoms with Crippen molar-refractivity contribution in [1.82, 2.24) is 10.1 Å². The summed E-state index contributed by atoms with van der Waals surface area (Å²) in [6.07, 6.45) is 0.722. The van der Waals surface area contributed by atoms with Gasteiger partial charge in [0.1, 0.15) is 6.04 Å². The van der Waals surface area contributed by atoms with Crippen molar-refractivity contribution in [3.05, 3.63) is 11.7 Å². The van der Waals surface area contributed by atoms with Crippen molar-refractivity contribution in [2.24, 2.45) is 5.73 Å². The summed E-state index contributed by atoms with van der Waals surface area (Å²) in [5, 5.41) is 3.78. The molecule has 1 unspecified atom stereocenters. The summed E-state index contributed by atoms with van der Waals surface area (Å²) in [6, 6.07) is -0.604. The fourth-order valence-electron chi connectivity index (χ4n) is 0.989. The van der Waals surface area contributed by atoms with Crippen molar-refractivity contribution in [3.8, 4) is 0 Å². The maximum absolute atomic E-state index is 11.0. The molecule has 0 aliphatic carbocycles. The first kappa shape index (κ1) is 13.0. The van der Waals surface area contributed by atoms with Crippen molar-refractivity contribution in [2.45, 2.75) is 25.1 Å². The van der Waals surface area contributed by atoms with Crippen LogP contribution in [0.3, 0.4) is 0 Å². The highest BCUT2D eigenvalue weighted by atomic mass is 32.2. The van der Waals surface area contributed by atoms with Crippen LogP contribution in [0.4, 0.5) is 0 Å². The summed E-state index contributed by atoms with van der Waals surface area (Å²) in [5.41, 5.74) is 5.56. The number of ether oxygens (including phenoxy) is 1. The lowest BCUT2D eigenvalue weighted by Crippen LogP contribution is -2.33. The summed E-state index contributed by atoms with van der Waals surface area (Å²) in [5.74, 6) is 1.89. The van der Waals surface area contributed by atoms with Crippen molar-refractivity contribution < 1.29 is 14.1 Å². The molecule has 0 aliphatic rings. The second-order valence-corrected chi connectivity index (χ2v) is 4.13. The van der Waals surface area contributed by atoms with E-state index >= 15 is 0 Å². The molecule has 6 nitrogen and oxygen atoms in total. The Kier molecular flexibility index (Phi) is 5.27. The highest BCUT2D eigenvalue weighted by molar-refractivity contribution is 7.98. The quantitative estimate of drug-likeness (QED) is 0.724. The third-order valence-corrected chi connectivity index (χ3v) is 2.90. The zero-order valence-corrected chi connectivity index (χ0v) is 10.1. The van der Waals surface area contributed by atoms with Gasteiger partial charge in [0.25, 0.3) is 0 Å². The molecule has 90 valence electrons. The van der Waals surface area contributed by atoms with Crippen molar-refractivity contribution in [3.63, 3.8) is 0 Å². The van der Waals surface area contributed by atoms with E-state index in [-0.39, 0.29) is 0 Å². The highest BCUT2D eigenvalue weighted by Gasteiger charge is 2.14. The maximum atomic E-state index is 11.0. The number of methoxy groups -OCH3 is 1. The molecule has 1 aromatic rings. The lowest BCUT2D eigenvalue weighted by atomic mass is 10.4. The zero-order chi connectivity index (χ0) is 12.0. The number of hydrogen-bond donors (Lipinski definition) is 1. The van der Waals surface area contributed by atoms with Gasteiger partial charge in [-0.25, -0.2) is 0 Å². The fourth-order valence-corrected chi connectivity index (χ4v) is 1.80. The van der Waals surface area contributed by atoms with E-state index in [1.165, 1.54) is 18.9 Å². The van der Waals surface area contributed by atoms with Crippen LogP contribution in [0.2, 0.25) is 0 Å². The maximum Gasteiger partial charge on any atom is 0.323 e. The van der Waals surface area contributed by atoms with Crippen LogP contribution in [-0.4, -0.2) is 35.0 Å². The van der Waals surface area contributed by atoms with E-state index in [1.807, 2.05) is 6.92 Å². The molecule has 0 aromatic carbocycles. The van der Waals surface area contributed by atoms with Crippen LogP contribution in [0, 0.1) is 0 Å². The molecule has 0 bridgehead atoms. The molecule has 0 spiro atoms. The summed E-state index contributed by atoms with van der Waals surface area (Å²) < 4.78 is 9.45. The van der Waals surface area contributed by atoms with Gasteiger partial charge in [0.15, 0.2) is 5.82 Å². The molecule has 16 heavy (non-hydrogen) atoms. The predicted molar refractivity (Wildman–Crippen MR) is 59.8 cm³/mol. The van der Waals surface area contributed by atoms with Crippen LogP contribution in [0.5, 0.6) is 0 Å². The number of rotatable bonds is 6. The molecular formula is C9H15N3O3S. The molecule has 0 saturated heterocycles. The van der Waals surface area contributed by atoms with Gasteiger partial charge in [0.05, 0.1) is 12.9 Å². The van der Waals surface area contributed by atoms with Gasteiger partial charge in [-0.15, -0.1) is 0 Å². The number of thioether (sulfide) groups is 1. The van der Waals surface area contributed by atoms with Gasteiger partial charge < -0.3 is 15.0 Å². The van der Waals surface area contributed by atoms with E-state index < -0.39 is 12.0 Å². The van der Waals surface area contributed by atoms with Crippen molar-refractivity contribution in [2.75, 3.05) is 12.9 Å². The van der Waals surface area contributed by atoms with Crippen LogP contribution < -0.4 is 5.73 Å². The molecule has 1 atom stereocenters. The zero-order valence-electron chi connectivity index (χ0n) is 9.30. The first-order chi connectivity index (χ1) is 7.67. The average molecular weight is 245 g/mol. The Bertz CT molecular complexity index is 342. The van der Waals surface area contributed by atoms with Gasteiger partial charge in [-0.2, -0.15) is 16.7 Å². The van der Waals surface area contributed by atoms with Crippen LogP contribution >= 0.6 is 11.8 Å². The first-order valence-corrected chi connectivity index (χ1v) is 6.05. The number of hydrogen-bond acceptors (Lipinski definition) is 7. The lowest BCUT2D eigenvalue weighted by molar-refractivity contribution is -0.141. The molecular weight excluding hydrogens is 230 g/mol. The van der Waals surface area contributed by atoms with Gasteiger partial charge in [-0.3, -0.25) is 4.79 Å². The third kappa shape index (κ3) is 3.82. The SMILES string of the molecule is CCc1nc(CSCC(N)C(=O)OC)no1. The van der Waals surface area contributed by atoms with Crippen molar-refractivity contribution in [1.29, 1.82) is 0 Å². The number of carbonyl (C=O) groups is 1. The molecule has 1 heterocycles. The minimum atomic E-state index is -0.604. The van der Waals surface area contributed by atoms with Gasteiger partial charge >= 0.3 is 5.97 Å². The Labute approximate surface area is 97.9 Å². The van der Waals surface area contributed by atoms with Gasteiger partial charge in [-0.05, 0) is 0 Å². The summed E-state index contributed by atoms with van der Waals surface area (Å²) >= 11 is 1.47.